The maximum atomic E-state index is 11.3. The lowest BCUT2D eigenvalue weighted by Crippen LogP contribution is -2.06. The molecule has 7 heteroatoms. The minimum atomic E-state index is -1.20. The van der Waals surface area contributed by atoms with Crippen molar-refractivity contribution in [1.82, 2.24) is 0 Å². The van der Waals surface area contributed by atoms with Gasteiger partial charge in [0.2, 0.25) is 11.5 Å². The van der Waals surface area contributed by atoms with E-state index in [1.807, 2.05) is 6.92 Å². The van der Waals surface area contributed by atoms with Crippen LogP contribution in [0.2, 0.25) is 0 Å². The van der Waals surface area contributed by atoms with Crippen molar-refractivity contribution in [1.29, 1.82) is 0 Å². The van der Waals surface area contributed by atoms with Crippen LogP contribution in [0.15, 0.2) is 18.2 Å². The largest absolute Gasteiger partial charge is 0.507 e. The molecule has 0 aliphatic carbocycles. The van der Waals surface area contributed by atoms with Gasteiger partial charge in [-0.3, -0.25) is 0 Å². The monoisotopic (exact) mass is 362 g/mol. The molecule has 0 aliphatic heterocycles. The van der Waals surface area contributed by atoms with Gasteiger partial charge in [-0.25, -0.2) is 4.79 Å². The lowest BCUT2D eigenvalue weighted by molar-refractivity contribution is 0.0693. The highest BCUT2D eigenvalue weighted by atomic mass is 16.5. The van der Waals surface area contributed by atoms with Gasteiger partial charge in [0.25, 0.3) is 0 Å². The summed E-state index contributed by atoms with van der Waals surface area (Å²) >= 11 is 0. The summed E-state index contributed by atoms with van der Waals surface area (Å²) in [5, 5.41) is 19.5. The summed E-state index contributed by atoms with van der Waals surface area (Å²) in [6.45, 7) is 1.83. The Morgan fingerprint density at radius 2 is 1.46 bits per heavy atom. The first-order valence-electron chi connectivity index (χ1n) is 7.80. The van der Waals surface area contributed by atoms with Crippen LogP contribution in [0.3, 0.4) is 0 Å². The van der Waals surface area contributed by atoms with Crippen LogP contribution in [0.5, 0.6) is 28.7 Å². The summed E-state index contributed by atoms with van der Waals surface area (Å²) in [6, 6.07) is 4.59. The average molecular weight is 362 g/mol. The Labute approximate surface area is 151 Å². The second-order valence-corrected chi connectivity index (χ2v) is 5.53. The molecule has 7 nitrogen and oxygen atoms in total. The van der Waals surface area contributed by atoms with Gasteiger partial charge in [0.05, 0.1) is 28.4 Å². The molecule has 0 amide bonds. The molecule has 0 aliphatic rings. The number of carboxylic acid groups (broad SMARTS) is 1. The number of carbonyl (C=O) groups is 1. The summed E-state index contributed by atoms with van der Waals surface area (Å²) < 4.78 is 21.8. The van der Waals surface area contributed by atoms with Crippen molar-refractivity contribution in [2.75, 3.05) is 28.4 Å². The fraction of sp³-hybridized carbons (Fsp3) is 0.316. The van der Waals surface area contributed by atoms with Gasteiger partial charge in [-0.05, 0) is 18.6 Å². The molecule has 0 saturated heterocycles. The maximum Gasteiger partial charge on any atom is 0.339 e. The SMILES string of the molecule is COc1c(C)c(Cc2cccc(C(=O)O)c2O)c(OC)c(OC)c1OC. The minimum Gasteiger partial charge on any atom is -0.507 e. The van der Waals surface area contributed by atoms with E-state index >= 15 is 0 Å². The number of hydrogen-bond donors (Lipinski definition) is 2. The van der Waals surface area contributed by atoms with Crippen molar-refractivity contribution in [3.05, 3.63) is 40.5 Å². The summed E-state index contributed by atoms with van der Waals surface area (Å²) in [5.74, 6) is 0.197. The number of methoxy groups -OCH3 is 4. The van der Waals surface area contributed by atoms with Crippen LogP contribution in [0.1, 0.15) is 27.0 Å². The van der Waals surface area contributed by atoms with Gasteiger partial charge < -0.3 is 29.2 Å². The Balaban J connectivity index is 2.71. The minimum absolute atomic E-state index is 0.161. The van der Waals surface area contributed by atoms with Gasteiger partial charge in [-0.2, -0.15) is 0 Å². The highest BCUT2D eigenvalue weighted by molar-refractivity contribution is 5.91. The van der Waals surface area contributed by atoms with E-state index in [0.29, 0.717) is 34.1 Å². The third kappa shape index (κ3) is 3.20. The Morgan fingerprint density at radius 1 is 0.923 bits per heavy atom. The smallest absolute Gasteiger partial charge is 0.339 e. The molecular weight excluding hydrogens is 340 g/mol. The van der Waals surface area contributed by atoms with Crippen LogP contribution in [-0.4, -0.2) is 44.6 Å². The van der Waals surface area contributed by atoms with Crippen molar-refractivity contribution in [2.24, 2.45) is 0 Å². The highest BCUT2D eigenvalue weighted by Crippen LogP contribution is 2.50. The van der Waals surface area contributed by atoms with Crippen molar-refractivity contribution >= 4 is 5.97 Å². The van der Waals surface area contributed by atoms with Crippen LogP contribution in [0.25, 0.3) is 0 Å². The molecule has 0 heterocycles. The first-order valence-corrected chi connectivity index (χ1v) is 7.80. The first kappa shape index (κ1) is 19.2. The van der Waals surface area contributed by atoms with E-state index in [-0.39, 0.29) is 17.7 Å². The average Bonchev–Trinajstić information content (AvgIpc) is 2.63. The summed E-state index contributed by atoms with van der Waals surface area (Å²) in [5.41, 5.74) is 1.72. The molecule has 0 saturated carbocycles. The van der Waals surface area contributed by atoms with E-state index in [2.05, 4.69) is 0 Å². The van der Waals surface area contributed by atoms with E-state index in [9.17, 15) is 15.0 Å². The third-order valence-corrected chi connectivity index (χ3v) is 4.22. The van der Waals surface area contributed by atoms with Crippen molar-refractivity contribution in [3.8, 4) is 28.7 Å². The van der Waals surface area contributed by atoms with Crippen LogP contribution in [0, 0.1) is 6.92 Å². The fourth-order valence-corrected chi connectivity index (χ4v) is 2.96. The summed E-state index contributed by atoms with van der Waals surface area (Å²) in [6.07, 6.45) is 0.221. The fourth-order valence-electron chi connectivity index (χ4n) is 2.96. The zero-order valence-corrected chi connectivity index (χ0v) is 15.4. The van der Waals surface area contributed by atoms with Crippen molar-refractivity contribution < 1.29 is 34.0 Å². The van der Waals surface area contributed by atoms with Crippen LogP contribution < -0.4 is 18.9 Å². The van der Waals surface area contributed by atoms with Crippen LogP contribution in [-0.2, 0) is 6.42 Å². The molecule has 0 radical (unpaired) electrons. The number of aromatic hydroxyl groups is 1. The molecule has 0 atom stereocenters. The second kappa shape index (κ2) is 7.86. The Kier molecular flexibility index (Phi) is 5.82. The molecular formula is C19H22O7. The number of rotatable bonds is 7. The highest BCUT2D eigenvalue weighted by Gasteiger charge is 2.26. The number of phenols is 1. The van der Waals surface area contributed by atoms with E-state index in [1.54, 1.807) is 12.1 Å². The molecule has 2 aromatic rings. The summed E-state index contributed by atoms with van der Waals surface area (Å²) in [4.78, 5) is 11.3. The third-order valence-electron chi connectivity index (χ3n) is 4.22. The van der Waals surface area contributed by atoms with Gasteiger partial charge >= 0.3 is 5.97 Å². The van der Waals surface area contributed by atoms with E-state index in [1.165, 1.54) is 34.5 Å². The number of ether oxygens (including phenoxy) is 4. The van der Waals surface area contributed by atoms with E-state index in [4.69, 9.17) is 18.9 Å². The molecule has 140 valence electrons. The van der Waals surface area contributed by atoms with Gasteiger partial charge in [0.15, 0.2) is 11.5 Å². The number of para-hydroxylation sites is 1. The molecule has 0 unspecified atom stereocenters. The van der Waals surface area contributed by atoms with Gasteiger partial charge in [-0.1, -0.05) is 12.1 Å². The molecule has 26 heavy (non-hydrogen) atoms. The molecule has 2 N–H and O–H groups in total. The van der Waals surface area contributed by atoms with Gasteiger partial charge in [0.1, 0.15) is 11.3 Å². The number of aromatic carboxylic acids is 1. The Bertz CT molecular complexity index is 827. The molecule has 2 rings (SSSR count). The van der Waals surface area contributed by atoms with Crippen molar-refractivity contribution in [2.45, 2.75) is 13.3 Å². The topological polar surface area (TPSA) is 94.5 Å². The normalized spacial score (nSPS) is 10.3. The van der Waals surface area contributed by atoms with E-state index in [0.717, 1.165) is 5.56 Å². The predicted octanol–water partition coefficient (Wildman–Crippen LogP) is 3.02. The van der Waals surface area contributed by atoms with Crippen LogP contribution in [0.4, 0.5) is 0 Å². The quantitative estimate of drug-likeness (QED) is 0.782. The molecule has 0 spiro atoms. The first-order chi connectivity index (χ1) is 12.4. The Morgan fingerprint density at radius 3 is 1.96 bits per heavy atom. The maximum absolute atomic E-state index is 11.3. The zero-order valence-electron chi connectivity index (χ0n) is 15.4. The van der Waals surface area contributed by atoms with E-state index < -0.39 is 5.97 Å². The molecule has 2 aromatic carbocycles. The number of hydrogen-bond acceptors (Lipinski definition) is 6. The molecule has 0 fully saturated rings. The Hall–Kier alpha value is -3.09. The zero-order chi connectivity index (χ0) is 19.4. The van der Waals surface area contributed by atoms with Gasteiger partial charge in [0, 0.05) is 17.5 Å². The predicted molar refractivity (Wildman–Crippen MR) is 95.3 cm³/mol. The number of benzene rings is 2. The molecule has 0 aromatic heterocycles. The lowest BCUT2D eigenvalue weighted by atomic mass is 9.95. The molecule has 0 bridgehead atoms. The standard InChI is InChI=1S/C19H22O7/c1-10-13(9-11-7-6-8-12(14(11)20)19(21)22)16(24-3)18(26-5)17(25-4)15(10)23-2/h6-8,20H,9H2,1-5H3,(H,21,22). The van der Waals surface area contributed by atoms with Gasteiger partial charge in [-0.15, -0.1) is 0 Å². The van der Waals surface area contributed by atoms with Crippen LogP contribution >= 0.6 is 0 Å². The summed E-state index contributed by atoms with van der Waals surface area (Å²) in [7, 11) is 6.01. The van der Waals surface area contributed by atoms with Crippen molar-refractivity contribution in [3.63, 3.8) is 0 Å². The second-order valence-electron chi connectivity index (χ2n) is 5.53. The lowest BCUT2D eigenvalue weighted by Gasteiger charge is -2.22. The number of carboxylic acids is 1.